The summed E-state index contributed by atoms with van der Waals surface area (Å²) in [6, 6.07) is 8.47. The number of rotatable bonds is 2. The third-order valence-corrected chi connectivity index (χ3v) is 3.92. The van der Waals surface area contributed by atoms with Gasteiger partial charge in [-0.1, -0.05) is 0 Å². The fourth-order valence-electron chi connectivity index (χ4n) is 1.36. The Morgan fingerprint density at radius 3 is 2.50 bits per heavy atom. The van der Waals surface area contributed by atoms with Crippen molar-refractivity contribution in [2.24, 2.45) is 0 Å². The van der Waals surface area contributed by atoms with Gasteiger partial charge in [0.25, 0.3) is 0 Å². The van der Waals surface area contributed by atoms with Crippen LogP contribution in [0.1, 0.15) is 0 Å². The van der Waals surface area contributed by atoms with E-state index in [1.807, 2.05) is 6.07 Å². The highest BCUT2D eigenvalue weighted by Crippen LogP contribution is 2.30. The van der Waals surface area contributed by atoms with Gasteiger partial charge in [-0.3, -0.25) is 0 Å². The lowest BCUT2D eigenvalue weighted by atomic mass is 10.2. The zero-order valence-corrected chi connectivity index (χ0v) is 10.9. The van der Waals surface area contributed by atoms with Gasteiger partial charge >= 0.3 is 0 Å². The van der Waals surface area contributed by atoms with Crippen molar-refractivity contribution in [1.82, 2.24) is 0 Å². The molecule has 1 aromatic carbocycles. The monoisotopic (exact) mass is 300 g/mol. The fraction of sp³-hybridized carbons (Fsp3) is 0.0909. The summed E-state index contributed by atoms with van der Waals surface area (Å²) in [7, 11) is -3.17. The first kappa shape index (κ1) is 11.4. The average molecular weight is 301 g/mol. The molecule has 0 bridgehead atoms. The van der Waals surface area contributed by atoms with E-state index in [2.05, 4.69) is 15.9 Å². The fourth-order valence-corrected chi connectivity index (χ4v) is 2.73. The number of hydrogen-bond donors (Lipinski definition) is 0. The van der Waals surface area contributed by atoms with Gasteiger partial charge in [0.15, 0.2) is 9.84 Å². The zero-order chi connectivity index (χ0) is 11.8. The first-order valence-electron chi connectivity index (χ1n) is 4.52. The maximum atomic E-state index is 11.3. The molecule has 0 saturated heterocycles. The van der Waals surface area contributed by atoms with Crippen molar-refractivity contribution in [2.75, 3.05) is 6.26 Å². The van der Waals surface area contributed by atoms with E-state index in [1.54, 1.807) is 30.5 Å². The van der Waals surface area contributed by atoms with E-state index in [1.165, 1.54) is 6.26 Å². The quantitative estimate of drug-likeness (QED) is 0.856. The van der Waals surface area contributed by atoms with Crippen LogP contribution in [0.2, 0.25) is 0 Å². The second-order valence-corrected chi connectivity index (χ2v) is 6.26. The number of hydrogen-bond acceptors (Lipinski definition) is 3. The van der Waals surface area contributed by atoms with Crippen LogP contribution in [-0.4, -0.2) is 14.7 Å². The Hall–Kier alpha value is -1.07. The summed E-state index contributed by atoms with van der Waals surface area (Å²) in [5.74, 6) is 0.701. The molecule has 2 aromatic rings. The highest BCUT2D eigenvalue weighted by Gasteiger charge is 2.11. The van der Waals surface area contributed by atoms with Crippen molar-refractivity contribution in [1.29, 1.82) is 0 Å². The summed E-state index contributed by atoms with van der Waals surface area (Å²) in [6.45, 7) is 0. The smallest absolute Gasteiger partial charge is 0.175 e. The Balaban J connectivity index is 2.54. The molecule has 0 amide bonds. The summed E-state index contributed by atoms with van der Waals surface area (Å²) in [6.07, 6.45) is 2.76. The van der Waals surface area contributed by atoms with Gasteiger partial charge < -0.3 is 4.42 Å². The van der Waals surface area contributed by atoms with E-state index >= 15 is 0 Å². The predicted molar refractivity (Wildman–Crippen MR) is 65.0 cm³/mol. The van der Waals surface area contributed by atoms with Crippen molar-refractivity contribution in [3.63, 3.8) is 0 Å². The molecule has 0 saturated carbocycles. The number of benzene rings is 1. The minimum absolute atomic E-state index is 0.287. The lowest BCUT2D eigenvalue weighted by Gasteiger charge is -2.03. The SMILES string of the molecule is CS(=O)(=O)c1ccc(-c2ccco2)c(Br)c1. The van der Waals surface area contributed by atoms with E-state index in [0.29, 0.717) is 10.2 Å². The Labute approximate surface area is 102 Å². The van der Waals surface area contributed by atoms with Gasteiger partial charge in [-0.2, -0.15) is 0 Å². The molecule has 0 spiro atoms. The highest BCUT2D eigenvalue weighted by molar-refractivity contribution is 9.10. The van der Waals surface area contributed by atoms with E-state index in [0.717, 1.165) is 5.56 Å². The van der Waals surface area contributed by atoms with Gasteiger partial charge in [0.05, 0.1) is 11.2 Å². The third kappa shape index (κ3) is 2.20. The van der Waals surface area contributed by atoms with E-state index in [9.17, 15) is 8.42 Å². The van der Waals surface area contributed by atoms with Crippen molar-refractivity contribution in [3.05, 3.63) is 41.1 Å². The topological polar surface area (TPSA) is 47.3 Å². The van der Waals surface area contributed by atoms with Crippen molar-refractivity contribution < 1.29 is 12.8 Å². The summed E-state index contributed by atoms with van der Waals surface area (Å²) in [5, 5.41) is 0. The molecular formula is C11H9BrO3S. The molecule has 2 rings (SSSR count). The van der Waals surface area contributed by atoms with E-state index in [-0.39, 0.29) is 4.90 Å². The Morgan fingerprint density at radius 1 is 1.25 bits per heavy atom. The molecule has 3 nitrogen and oxygen atoms in total. The Kier molecular flexibility index (Phi) is 2.90. The molecule has 0 N–H and O–H groups in total. The molecule has 16 heavy (non-hydrogen) atoms. The van der Waals surface area contributed by atoms with Crippen LogP contribution in [0.5, 0.6) is 0 Å². The zero-order valence-electron chi connectivity index (χ0n) is 8.48. The average Bonchev–Trinajstić information content (AvgIpc) is 2.69. The second kappa shape index (κ2) is 4.07. The molecular weight excluding hydrogens is 292 g/mol. The highest BCUT2D eigenvalue weighted by atomic mass is 79.9. The normalized spacial score (nSPS) is 11.6. The second-order valence-electron chi connectivity index (χ2n) is 3.39. The summed E-state index contributed by atoms with van der Waals surface area (Å²) in [5.41, 5.74) is 0.831. The molecule has 0 aliphatic rings. The van der Waals surface area contributed by atoms with E-state index in [4.69, 9.17) is 4.42 Å². The summed E-state index contributed by atoms with van der Waals surface area (Å²) in [4.78, 5) is 0.287. The van der Waals surface area contributed by atoms with Crippen LogP contribution in [0.25, 0.3) is 11.3 Å². The molecule has 0 radical (unpaired) electrons. The molecule has 0 aliphatic carbocycles. The van der Waals surface area contributed by atoms with Crippen molar-refractivity contribution in [2.45, 2.75) is 4.90 Å². The van der Waals surface area contributed by atoms with Crippen LogP contribution in [0.4, 0.5) is 0 Å². The largest absolute Gasteiger partial charge is 0.464 e. The first-order valence-corrected chi connectivity index (χ1v) is 7.20. The van der Waals surface area contributed by atoms with Gasteiger partial charge in [-0.15, -0.1) is 0 Å². The minimum Gasteiger partial charge on any atom is -0.464 e. The van der Waals surface area contributed by atoms with E-state index < -0.39 is 9.84 Å². The van der Waals surface area contributed by atoms with Crippen LogP contribution in [0.3, 0.4) is 0 Å². The van der Waals surface area contributed by atoms with Gasteiger partial charge in [-0.05, 0) is 46.3 Å². The predicted octanol–water partition coefficient (Wildman–Crippen LogP) is 3.11. The van der Waals surface area contributed by atoms with Gasteiger partial charge in [0.1, 0.15) is 5.76 Å². The molecule has 84 valence electrons. The van der Waals surface area contributed by atoms with Crippen molar-refractivity contribution in [3.8, 4) is 11.3 Å². The van der Waals surface area contributed by atoms with Crippen LogP contribution in [0, 0.1) is 0 Å². The minimum atomic E-state index is -3.17. The van der Waals surface area contributed by atoms with Crippen LogP contribution in [-0.2, 0) is 9.84 Å². The Morgan fingerprint density at radius 2 is 2.00 bits per heavy atom. The summed E-state index contributed by atoms with van der Waals surface area (Å²) < 4.78 is 28.6. The molecule has 0 aliphatic heterocycles. The molecule has 5 heteroatoms. The maximum absolute atomic E-state index is 11.3. The van der Waals surface area contributed by atoms with Crippen LogP contribution < -0.4 is 0 Å². The third-order valence-electron chi connectivity index (χ3n) is 2.16. The molecule has 0 atom stereocenters. The molecule has 0 unspecified atom stereocenters. The Bertz CT molecular complexity index is 600. The van der Waals surface area contributed by atoms with Gasteiger partial charge in [0, 0.05) is 16.3 Å². The molecule has 1 aromatic heterocycles. The number of halogens is 1. The standard InChI is InChI=1S/C11H9BrO3S/c1-16(13,14)8-4-5-9(10(12)7-8)11-3-2-6-15-11/h2-7H,1H3. The molecule has 0 fully saturated rings. The lowest BCUT2D eigenvalue weighted by Crippen LogP contribution is -1.96. The van der Waals surface area contributed by atoms with Crippen LogP contribution in [0.15, 0.2) is 50.4 Å². The first-order chi connectivity index (χ1) is 7.48. The maximum Gasteiger partial charge on any atom is 0.175 e. The van der Waals surface area contributed by atoms with Gasteiger partial charge in [-0.25, -0.2) is 8.42 Å². The lowest BCUT2D eigenvalue weighted by molar-refractivity contribution is 0.581. The van der Waals surface area contributed by atoms with Crippen LogP contribution >= 0.6 is 15.9 Å². The number of furan rings is 1. The van der Waals surface area contributed by atoms with Gasteiger partial charge in [0.2, 0.25) is 0 Å². The molecule has 1 heterocycles. The number of sulfone groups is 1. The van der Waals surface area contributed by atoms with Crippen molar-refractivity contribution >= 4 is 25.8 Å². The summed E-state index contributed by atoms with van der Waals surface area (Å²) >= 11 is 3.34.